The normalized spacial score (nSPS) is 13.3. The number of rotatable bonds is 10. The number of nitrogens with zero attached hydrogens (tertiary/aromatic N) is 3. The molecule has 0 spiro atoms. The molecule has 0 fully saturated rings. The summed E-state index contributed by atoms with van der Waals surface area (Å²) in [5.41, 5.74) is 2.04. The number of nitrogens with one attached hydrogen (secondary N) is 1. The zero-order valence-corrected chi connectivity index (χ0v) is 19.9. The fourth-order valence-electron chi connectivity index (χ4n) is 3.94. The number of aromatic nitrogens is 3. The Morgan fingerprint density at radius 2 is 2.19 bits per heavy atom. The second-order valence-electron chi connectivity index (χ2n) is 7.84. The summed E-state index contributed by atoms with van der Waals surface area (Å²) in [6.07, 6.45) is 6.52. The van der Waals surface area contributed by atoms with Crippen LogP contribution < -0.4 is 5.56 Å². The van der Waals surface area contributed by atoms with Crippen LogP contribution >= 0.6 is 23.1 Å². The third-order valence-electron chi connectivity index (χ3n) is 5.57. The van der Waals surface area contributed by atoms with Crippen LogP contribution in [-0.2, 0) is 34.7 Å². The Bertz CT molecular complexity index is 1110. The van der Waals surface area contributed by atoms with Gasteiger partial charge in [0.05, 0.1) is 30.0 Å². The molecular weight excluding hydrogens is 444 g/mol. The highest BCUT2D eigenvalue weighted by atomic mass is 32.2. The van der Waals surface area contributed by atoms with Crippen molar-refractivity contribution in [2.24, 2.45) is 0 Å². The minimum absolute atomic E-state index is 0.0258. The first kappa shape index (κ1) is 22.9. The minimum atomic E-state index is -0.0258. The van der Waals surface area contributed by atoms with Gasteiger partial charge in [0.25, 0.3) is 5.56 Å². The summed E-state index contributed by atoms with van der Waals surface area (Å²) in [5, 5.41) is 0.789. The molecule has 1 amide bonds. The lowest BCUT2D eigenvalue weighted by Gasteiger charge is -2.22. The van der Waals surface area contributed by atoms with Crippen LogP contribution in [0.1, 0.15) is 41.2 Å². The molecule has 9 heteroatoms. The van der Waals surface area contributed by atoms with Crippen molar-refractivity contribution >= 4 is 39.2 Å². The second kappa shape index (κ2) is 11.1. The number of carbonyl (C=O) groups excluding carboxylic acids is 1. The van der Waals surface area contributed by atoms with Gasteiger partial charge in [0.1, 0.15) is 10.7 Å². The van der Waals surface area contributed by atoms with Gasteiger partial charge in [-0.05, 0) is 43.4 Å². The monoisotopic (exact) mass is 472 g/mol. The van der Waals surface area contributed by atoms with Gasteiger partial charge in [-0.3, -0.25) is 14.6 Å². The summed E-state index contributed by atoms with van der Waals surface area (Å²) in [6, 6.07) is 5.71. The fourth-order valence-corrected chi connectivity index (χ4v) is 6.02. The minimum Gasteiger partial charge on any atom is -0.383 e. The van der Waals surface area contributed by atoms with Gasteiger partial charge in [-0.25, -0.2) is 4.98 Å². The molecule has 7 nitrogen and oxygen atoms in total. The summed E-state index contributed by atoms with van der Waals surface area (Å²) in [5.74, 6) is 2.00. The van der Waals surface area contributed by atoms with Crippen LogP contribution in [0, 0.1) is 0 Å². The number of fused-ring (bicyclic) bond motifs is 3. The molecular formula is C23H28N4O3S2. The van der Waals surface area contributed by atoms with Crippen molar-refractivity contribution in [3.05, 3.63) is 56.7 Å². The maximum absolute atomic E-state index is 12.8. The molecule has 0 radical (unpaired) electrons. The van der Waals surface area contributed by atoms with E-state index in [1.54, 1.807) is 41.3 Å². The number of methoxy groups -OCH3 is 1. The van der Waals surface area contributed by atoms with Gasteiger partial charge in [0.15, 0.2) is 0 Å². The number of hydrogen-bond acceptors (Lipinski definition) is 7. The van der Waals surface area contributed by atoms with Crippen molar-refractivity contribution in [2.45, 2.75) is 44.4 Å². The SMILES string of the molecule is COCCN(Cc1ccccn1)C(=O)CCSCc1nc2sc3c(c2c(=O)[nH]1)CCCC3. The number of carbonyl (C=O) groups is 1. The zero-order valence-electron chi connectivity index (χ0n) is 18.3. The number of ether oxygens (including phenoxy) is 1. The maximum Gasteiger partial charge on any atom is 0.259 e. The molecule has 1 aliphatic carbocycles. The highest BCUT2D eigenvalue weighted by Crippen LogP contribution is 2.33. The molecule has 170 valence electrons. The van der Waals surface area contributed by atoms with Gasteiger partial charge in [-0.15, -0.1) is 11.3 Å². The van der Waals surface area contributed by atoms with E-state index >= 15 is 0 Å². The molecule has 3 heterocycles. The van der Waals surface area contributed by atoms with Crippen molar-refractivity contribution in [1.29, 1.82) is 0 Å². The Balaban J connectivity index is 1.33. The Labute approximate surface area is 195 Å². The number of hydrogen-bond donors (Lipinski definition) is 1. The molecule has 0 aromatic carbocycles. The first-order valence-corrected chi connectivity index (χ1v) is 12.9. The quantitative estimate of drug-likeness (QED) is 0.454. The number of thioether (sulfide) groups is 1. The predicted molar refractivity (Wildman–Crippen MR) is 129 cm³/mol. The Hall–Kier alpha value is -2.23. The molecule has 3 aromatic rings. The van der Waals surface area contributed by atoms with Crippen molar-refractivity contribution in [1.82, 2.24) is 19.9 Å². The average molecular weight is 473 g/mol. The molecule has 0 saturated heterocycles. The van der Waals surface area contributed by atoms with E-state index in [0.717, 1.165) is 35.2 Å². The molecule has 0 atom stereocenters. The number of aryl methyl sites for hydroxylation is 2. The fraction of sp³-hybridized carbons (Fsp3) is 0.478. The smallest absolute Gasteiger partial charge is 0.259 e. The highest BCUT2D eigenvalue weighted by Gasteiger charge is 2.20. The Kier molecular flexibility index (Phi) is 7.94. The van der Waals surface area contributed by atoms with E-state index in [-0.39, 0.29) is 11.5 Å². The number of H-pyrrole nitrogens is 1. The van der Waals surface area contributed by atoms with Crippen LogP contribution in [0.2, 0.25) is 0 Å². The van der Waals surface area contributed by atoms with Gasteiger partial charge >= 0.3 is 0 Å². The first-order chi connectivity index (χ1) is 15.7. The zero-order chi connectivity index (χ0) is 22.3. The molecule has 0 unspecified atom stereocenters. The summed E-state index contributed by atoms with van der Waals surface area (Å²) < 4.78 is 5.16. The van der Waals surface area contributed by atoms with Crippen LogP contribution in [0.25, 0.3) is 10.2 Å². The lowest BCUT2D eigenvalue weighted by molar-refractivity contribution is -0.132. The lowest BCUT2D eigenvalue weighted by atomic mass is 9.97. The van der Waals surface area contributed by atoms with Crippen LogP contribution in [0.3, 0.4) is 0 Å². The van der Waals surface area contributed by atoms with E-state index in [2.05, 4.69) is 9.97 Å². The van der Waals surface area contributed by atoms with E-state index in [4.69, 9.17) is 9.72 Å². The van der Waals surface area contributed by atoms with E-state index in [1.165, 1.54) is 16.9 Å². The third kappa shape index (κ3) is 5.57. The predicted octanol–water partition coefficient (Wildman–Crippen LogP) is 3.56. The average Bonchev–Trinajstić information content (AvgIpc) is 3.19. The molecule has 4 rings (SSSR count). The van der Waals surface area contributed by atoms with E-state index in [1.807, 2.05) is 18.2 Å². The number of aromatic amines is 1. The van der Waals surface area contributed by atoms with Gasteiger partial charge in [0.2, 0.25) is 5.91 Å². The Morgan fingerprint density at radius 1 is 1.31 bits per heavy atom. The molecule has 1 N–H and O–H groups in total. The van der Waals surface area contributed by atoms with Gasteiger partial charge in [0, 0.05) is 36.9 Å². The van der Waals surface area contributed by atoms with E-state index in [9.17, 15) is 9.59 Å². The molecule has 0 aliphatic heterocycles. The van der Waals surface area contributed by atoms with E-state index in [0.29, 0.717) is 43.4 Å². The largest absolute Gasteiger partial charge is 0.383 e. The van der Waals surface area contributed by atoms with Crippen molar-refractivity contribution < 1.29 is 9.53 Å². The maximum atomic E-state index is 12.8. The first-order valence-electron chi connectivity index (χ1n) is 10.9. The van der Waals surface area contributed by atoms with Gasteiger partial charge < -0.3 is 14.6 Å². The topological polar surface area (TPSA) is 88.2 Å². The number of amides is 1. The molecule has 3 aromatic heterocycles. The second-order valence-corrected chi connectivity index (χ2v) is 10.0. The van der Waals surface area contributed by atoms with Crippen LogP contribution in [-0.4, -0.2) is 51.8 Å². The van der Waals surface area contributed by atoms with E-state index < -0.39 is 0 Å². The summed E-state index contributed by atoms with van der Waals surface area (Å²) >= 11 is 3.28. The standard InChI is InChI=1S/C23H28N4O3S2/c1-30-12-11-27(14-16-6-4-5-10-24-16)20(28)9-13-31-15-19-25-22(29)21-17-7-2-3-8-18(17)32-23(21)26-19/h4-6,10H,2-3,7-9,11-15H2,1H3,(H,25,26,29). The van der Waals surface area contributed by atoms with Gasteiger partial charge in [-0.2, -0.15) is 11.8 Å². The van der Waals surface area contributed by atoms with Crippen LogP contribution in [0.15, 0.2) is 29.2 Å². The van der Waals surface area contributed by atoms with Crippen molar-refractivity contribution in [3.63, 3.8) is 0 Å². The third-order valence-corrected chi connectivity index (χ3v) is 7.73. The molecule has 1 aliphatic rings. The highest BCUT2D eigenvalue weighted by molar-refractivity contribution is 7.98. The molecule has 32 heavy (non-hydrogen) atoms. The summed E-state index contributed by atoms with van der Waals surface area (Å²) in [4.78, 5) is 41.4. The number of thiophene rings is 1. The number of pyridine rings is 1. The molecule has 0 saturated carbocycles. The Morgan fingerprint density at radius 3 is 3.00 bits per heavy atom. The van der Waals surface area contributed by atoms with Gasteiger partial charge in [-0.1, -0.05) is 6.07 Å². The summed E-state index contributed by atoms with van der Waals surface area (Å²) in [6.45, 7) is 1.50. The lowest BCUT2D eigenvalue weighted by Crippen LogP contribution is -2.34. The van der Waals surface area contributed by atoms with Crippen molar-refractivity contribution in [2.75, 3.05) is 26.0 Å². The molecule has 0 bridgehead atoms. The summed E-state index contributed by atoms with van der Waals surface area (Å²) in [7, 11) is 1.63. The van der Waals surface area contributed by atoms with Crippen LogP contribution in [0.5, 0.6) is 0 Å². The van der Waals surface area contributed by atoms with Crippen molar-refractivity contribution in [3.8, 4) is 0 Å². The van der Waals surface area contributed by atoms with Crippen LogP contribution in [0.4, 0.5) is 0 Å².